The lowest BCUT2D eigenvalue weighted by Crippen LogP contribution is -2.40. The van der Waals surface area contributed by atoms with Crippen LogP contribution in [0.3, 0.4) is 0 Å². The van der Waals surface area contributed by atoms with E-state index >= 15 is 0 Å². The van der Waals surface area contributed by atoms with E-state index in [0.717, 1.165) is 6.04 Å². The molecule has 1 aliphatic carbocycles. The molecule has 0 aromatic heterocycles. The van der Waals surface area contributed by atoms with Crippen molar-refractivity contribution in [3.05, 3.63) is 0 Å². The van der Waals surface area contributed by atoms with Crippen molar-refractivity contribution < 1.29 is 0 Å². The van der Waals surface area contributed by atoms with Gasteiger partial charge in [-0.25, -0.2) is 0 Å². The molecule has 2 nitrogen and oxygen atoms in total. The summed E-state index contributed by atoms with van der Waals surface area (Å²) in [6, 6.07) is 1.30. The van der Waals surface area contributed by atoms with Crippen LogP contribution in [0.4, 0.5) is 0 Å². The summed E-state index contributed by atoms with van der Waals surface area (Å²) in [7, 11) is 0. The van der Waals surface area contributed by atoms with Crippen LogP contribution in [0.15, 0.2) is 0 Å². The van der Waals surface area contributed by atoms with E-state index in [9.17, 15) is 0 Å². The van der Waals surface area contributed by atoms with E-state index in [1.165, 1.54) is 38.8 Å². The van der Waals surface area contributed by atoms with Crippen LogP contribution in [0.5, 0.6) is 0 Å². The van der Waals surface area contributed by atoms with E-state index in [1.54, 1.807) is 0 Å². The molecule has 0 atom stereocenters. The summed E-state index contributed by atoms with van der Waals surface area (Å²) in [5.74, 6) is 0. The van der Waals surface area contributed by atoms with Crippen molar-refractivity contribution in [2.75, 3.05) is 13.1 Å². The van der Waals surface area contributed by atoms with E-state index < -0.39 is 0 Å². The third-order valence-electron chi connectivity index (χ3n) is 3.07. The quantitative estimate of drug-likeness (QED) is 0.697. The van der Waals surface area contributed by atoms with E-state index in [2.05, 4.69) is 18.7 Å². The molecule has 0 unspecified atom stereocenters. The summed E-state index contributed by atoms with van der Waals surface area (Å²) in [6.45, 7) is 6.88. The fourth-order valence-corrected chi connectivity index (χ4v) is 2.21. The highest BCUT2D eigenvalue weighted by molar-refractivity contribution is 4.80. The summed E-state index contributed by atoms with van der Waals surface area (Å²) in [4.78, 5) is 2.56. The first-order chi connectivity index (χ1) is 5.77. The molecule has 0 amide bonds. The zero-order valence-corrected chi connectivity index (χ0v) is 8.42. The molecule has 72 valence electrons. The van der Waals surface area contributed by atoms with Crippen LogP contribution in [-0.4, -0.2) is 30.1 Å². The van der Waals surface area contributed by atoms with Gasteiger partial charge in [0, 0.05) is 12.1 Å². The fraction of sp³-hybridized carbons (Fsp3) is 1.00. The zero-order valence-electron chi connectivity index (χ0n) is 8.42. The van der Waals surface area contributed by atoms with Crippen molar-refractivity contribution in [1.29, 1.82) is 0 Å². The van der Waals surface area contributed by atoms with Crippen LogP contribution in [0.25, 0.3) is 0 Å². The number of hydrogen-bond acceptors (Lipinski definition) is 2. The smallest absolute Gasteiger partial charge is 0.00961 e. The molecule has 0 spiro atoms. The van der Waals surface area contributed by atoms with Crippen molar-refractivity contribution in [2.45, 2.75) is 51.6 Å². The monoisotopic (exact) mass is 170 g/mol. The molecular formula is C10H22N2. The lowest BCUT2D eigenvalue weighted by atomic mass is 9.91. The molecule has 0 aromatic rings. The Labute approximate surface area is 76.1 Å². The molecule has 2 N–H and O–H groups in total. The van der Waals surface area contributed by atoms with Gasteiger partial charge in [-0.15, -0.1) is 0 Å². The van der Waals surface area contributed by atoms with Crippen molar-refractivity contribution in [3.63, 3.8) is 0 Å². The summed E-state index contributed by atoms with van der Waals surface area (Å²) in [6.07, 6.45) is 5.06. The summed E-state index contributed by atoms with van der Waals surface area (Å²) < 4.78 is 0. The topological polar surface area (TPSA) is 29.3 Å². The van der Waals surface area contributed by atoms with Gasteiger partial charge in [-0.2, -0.15) is 0 Å². The lowest BCUT2D eigenvalue weighted by molar-refractivity contribution is 0.164. The molecule has 1 aliphatic rings. The Morgan fingerprint density at radius 1 is 1.08 bits per heavy atom. The molecule has 0 saturated heterocycles. The Kier molecular flexibility index (Phi) is 4.02. The first-order valence-corrected chi connectivity index (χ1v) is 5.27. The van der Waals surface area contributed by atoms with Crippen molar-refractivity contribution in [2.24, 2.45) is 5.73 Å². The first-order valence-electron chi connectivity index (χ1n) is 5.27. The third kappa shape index (κ3) is 2.46. The van der Waals surface area contributed by atoms with E-state index in [1.807, 2.05) is 0 Å². The van der Waals surface area contributed by atoms with Gasteiger partial charge < -0.3 is 10.6 Å². The maximum atomic E-state index is 5.86. The molecule has 0 radical (unpaired) electrons. The highest BCUT2D eigenvalue weighted by atomic mass is 15.1. The van der Waals surface area contributed by atoms with Crippen molar-refractivity contribution >= 4 is 0 Å². The SMILES string of the molecule is CCN(CC)[C@H]1CC[C@H](N)CC1. The second kappa shape index (κ2) is 4.83. The summed E-state index contributed by atoms with van der Waals surface area (Å²) in [5.41, 5.74) is 5.86. The van der Waals surface area contributed by atoms with Gasteiger partial charge in [-0.05, 0) is 38.8 Å². The van der Waals surface area contributed by atoms with Crippen LogP contribution < -0.4 is 5.73 Å². The second-order valence-electron chi connectivity index (χ2n) is 3.79. The molecule has 0 bridgehead atoms. The van der Waals surface area contributed by atoms with Gasteiger partial charge in [0.2, 0.25) is 0 Å². The molecule has 2 heteroatoms. The third-order valence-corrected chi connectivity index (χ3v) is 3.07. The average Bonchev–Trinajstić information content (AvgIpc) is 2.10. The van der Waals surface area contributed by atoms with Gasteiger partial charge in [-0.3, -0.25) is 0 Å². The standard InChI is InChI=1S/C10H22N2/c1-3-12(4-2)10-7-5-9(11)6-8-10/h9-10H,3-8,11H2,1-2H3/t9-,10-. The largest absolute Gasteiger partial charge is 0.328 e. The maximum Gasteiger partial charge on any atom is 0.00961 e. The Morgan fingerprint density at radius 3 is 2.00 bits per heavy atom. The number of hydrogen-bond donors (Lipinski definition) is 1. The normalized spacial score (nSPS) is 31.0. The summed E-state index contributed by atoms with van der Waals surface area (Å²) in [5, 5.41) is 0. The molecule has 12 heavy (non-hydrogen) atoms. The Balaban J connectivity index is 2.32. The minimum Gasteiger partial charge on any atom is -0.328 e. The number of nitrogens with zero attached hydrogens (tertiary/aromatic N) is 1. The van der Waals surface area contributed by atoms with Crippen LogP contribution in [-0.2, 0) is 0 Å². The predicted molar refractivity (Wildman–Crippen MR) is 53.2 cm³/mol. The summed E-state index contributed by atoms with van der Waals surface area (Å²) >= 11 is 0. The van der Waals surface area contributed by atoms with E-state index in [0.29, 0.717) is 6.04 Å². The zero-order chi connectivity index (χ0) is 8.97. The maximum absolute atomic E-state index is 5.86. The molecular weight excluding hydrogens is 148 g/mol. The average molecular weight is 170 g/mol. The molecule has 0 aliphatic heterocycles. The molecule has 0 aromatic carbocycles. The molecule has 0 heterocycles. The lowest BCUT2D eigenvalue weighted by Gasteiger charge is -2.34. The number of nitrogens with two attached hydrogens (primary N) is 1. The second-order valence-corrected chi connectivity index (χ2v) is 3.79. The van der Waals surface area contributed by atoms with Gasteiger partial charge in [0.25, 0.3) is 0 Å². The first kappa shape index (κ1) is 10.0. The van der Waals surface area contributed by atoms with Gasteiger partial charge in [0.05, 0.1) is 0 Å². The van der Waals surface area contributed by atoms with Crippen LogP contribution in [0.1, 0.15) is 39.5 Å². The Bertz CT molecular complexity index is 113. The van der Waals surface area contributed by atoms with Gasteiger partial charge in [0.15, 0.2) is 0 Å². The Hall–Kier alpha value is -0.0800. The molecule has 1 fully saturated rings. The minimum absolute atomic E-state index is 0.483. The van der Waals surface area contributed by atoms with Gasteiger partial charge >= 0.3 is 0 Å². The van der Waals surface area contributed by atoms with E-state index in [-0.39, 0.29) is 0 Å². The van der Waals surface area contributed by atoms with Crippen LogP contribution in [0, 0.1) is 0 Å². The predicted octanol–water partition coefficient (Wildman–Crippen LogP) is 1.60. The van der Waals surface area contributed by atoms with Gasteiger partial charge in [-0.1, -0.05) is 13.8 Å². The highest BCUT2D eigenvalue weighted by Gasteiger charge is 2.21. The molecule has 1 saturated carbocycles. The van der Waals surface area contributed by atoms with Crippen molar-refractivity contribution in [3.8, 4) is 0 Å². The van der Waals surface area contributed by atoms with Crippen LogP contribution in [0.2, 0.25) is 0 Å². The minimum atomic E-state index is 0.483. The molecule has 1 rings (SSSR count). The van der Waals surface area contributed by atoms with Gasteiger partial charge in [0.1, 0.15) is 0 Å². The van der Waals surface area contributed by atoms with Crippen molar-refractivity contribution in [1.82, 2.24) is 4.90 Å². The number of rotatable bonds is 3. The van der Waals surface area contributed by atoms with E-state index in [4.69, 9.17) is 5.73 Å². The fourth-order valence-electron chi connectivity index (χ4n) is 2.21. The van der Waals surface area contributed by atoms with Crippen LogP contribution >= 0.6 is 0 Å². The highest BCUT2D eigenvalue weighted by Crippen LogP contribution is 2.21. The Morgan fingerprint density at radius 2 is 1.58 bits per heavy atom.